The normalized spacial score (nSPS) is 15.0. The van der Waals surface area contributed by atoms with E-state index in [2.05, 4.69) is 10.3 Å². The Morgan fingerprint density at radius 1 is 1.14 bits per heavy atom. The fourth-order valence-electron chi connectivity index (χ4n) is 2.79. The van der Waals surface area contributed by atoms with Gasteiger partial charge in [0, 0.05) is 10.9 Å². The largest absolute Gasteiger partial charge is 0.493 e. The number of carbonyl (C=O) groups excluding carboxylic acids is 1. The number of nitrogens with zero attached hydrogens (tertiary/aromatic N) is 1. The number of para-hydroxylation sites is 2. The van der Waals surface area contributed by atoms with Crippen LogP contribution in [0.1, 0.15) is 0 Å². The van der Waals surface area contributed by atoms with Gasteiger partial charge in [0.05, 0.1) is 19.9 Å². The first kappa shape index (κ1) is 18.1. The summed E-state index contributed by atoms with van der Waals surface area (Å²) < 4.78 is 21.9. The molecule has 0 aliphatic carbocycles. The van der Waals surface area contributed by atoms with Crippen molar-refractivity contribution in [2.75, 3.05) is 26.1 Å². The van der Waals surface area contributed by atoms with Crippen LogP contribution >= 0.6 is 11.3 Å². The van der Waals surface area contributed by atoms with E-state index >= 15 is 0 Å². The summed E-state index contributed by atoms with van der Waals surface area (Å²) in [6.45, 7) is 0.150. The summed E-state index contributed by atoms with van der Waals surface area (Å²) >= 11 is 1.33. The molecule has 0 spiro atoms. The number of ether oxygens (including phenoxy) is 4. The first-order chi connectivity index (χ1) is 13.7. The molecule has 28 heavy (non-hydrogen) atoms. The van der Waals surface area contributed by atoms with Gasteiger partial charge in [-0.3, -0.25) is 10.1 Å². The lowest BCUT2D eigenvalue weighted by Gasteiger charge is -2.25. The standard InChI is InChI=1S/C20H18N2O5S/c1-24-14-8-7-12(9-17(14)25-2)13-11-28-20(21-13)22-19(23)18-10-26-15-5-3-4-6-16(15)27-18/h3-9,11,18H,10H2,1-2H3,(H,21,22,23)/t18-/m1/s1. The van der Waals surface area contributed by atoms with Gasteiger partial charge >= 0.3 is 0 Å². The van der Waals surface area contributed by atoms with Crippen molar-refractivity contribution in [3.8, 4) is 34.3 Å². The third-order valence-corrected chi connectivity index (χ3v) is 4.97. The molecule has 1 aliphatic heterocycles. The Morgan fingerprint density at radius 3 is 2.71 bits per heavy atom. The van der Waals surface area contributed by atoms with Crippen LogP contribution in [-0.4, -0.2) is 37.8 Å². The van der Waals surface area contributed by atoms with Gasteiger partial charge in [0.25, 0.3) is 5.91 Å². The van der Waals surface area contributed by atoms with E-state index in [1.165, 1.54) is 11.3 Å². The average Bonchev–Trinajstić information content (AvgIpc) is 3.21. The quantitative estimate of drug-likeness (QED) is 0.707. The van der Waals surface area contributed by atoms with Crippen molar-refractivity contribution in [3.63, 3.8) is 0 Å². The van der Waals surface area contributed by atoms with Crippen molar-refractivity contribution in [3.05, 3.63) is 47.8 Å². The molecule has 0 saturated carbocycles. The van der Waals surface area contributed by atoms with Crippen molar-refractivity contribution in [1.82, 2.24) is 4.98 Å². The number of benzene rings is 2. The van der Waals surface area contributed by atoms with E-state index in [1.54, 1.807) is 26.4 Å². The molecule has 7 nitrogen and oxygen atoms in total. The molecule has 0 radical (unpaired) electrons. The van der Waals surface area contributed by atoms with Crippen LogP contribution in [-0.2, 0) is 4.79 Å². The number of hydrogen-bond donors (Lipinski definition) is 1. The smallest absolute Gasteiger partial charge is 0.270 e. The molecule has 0 fully saturated rings. The Balaban J connectivity index is 1.46. The lowest BCUT2D eigenvalue weighted by Crippen LogP contribution is -2.40. The molecular weight excluding hydrogens is 380 g/mol. The molecule has 0 bridgehead atoms. The minimum Gasteiger partial charge on any atom is -0.493 e. The number of anilines is 1. The number of nitrogens with one attached hydrogen (secondary N) is 1. The molecule has 1 amide bonds. The maximum absolute atomic E-state index is 12.5. The van der Waals surface area contributed by atoms with E-state index in [0.29, 0.717) is 28.1 Å². The molecule has 8 heteroatoms. The molecule has 144 valence electrons. The highest BCUT2D eigenvalue weighted by molar-refractivity contribution is 7.14. The Kier molecular flexibility index (Phi) is 5.03. The van der Waals surface area contributed by atoms with Crippen LogP contribution in [0, 0.1) is 0 Å². The van der Waals surface area contributed by atoms with Crippen LogP contribution in [0.25, 0.3) is 11.3 Å². The van der Waals surface area contributed by atoms with Crippen LogP contribution in [0.2, 0.25) is 0 Å². The zero-order valence-corrected chi connectivity index (χ0v) is 16.1. The van der Waals surface area contributed by atoms with E-state index in [1.807, 2.05) is 35.7 Å². The summed E-state index contributed by atoms with van der Waals surface area (Å²) in [6.07, 6.45) is -0.733. The Labute approximate surface area is 165 Å². The van der Waals surface area contributed by atoms with Gasteiger partial charge in [-0.1, -0.05) is 12.1 Å². The number of fused-ring (bicyclic) bond motifs is 1. The zero-order chi connectivity index (χ0) is 19.5. The summed E-state index contributed by atoms with van der Waals surface area (Å²) in [5.41, 5.74) is 1.59. The van der Waals surface area contributed by atoms with Gasteiger partial charge in [-0.25, -0.2) is 4.98 Å². The van der Waals surface area contributed by atoms with Crippen molar-refractivity contribution >= 4 is 22.4 Å². The van der Waals surface area contributed by atoms with Crippen LogP contribution in [0.5, 0.6) is 23.0 Å². The van der Waals surface area contributed by atoms with Gasteiger partial charge in [0.2, 0.25) is 6.10 Å². The molecule has 0 saturated heterocycles. The third kappa shape index (κ3) is 3.59. The first-order valence-electron chi connectivity index (χ1n) is 8.55. The van der Waals surface area contributed by atoms with Crippen molar-refractivity contribution < 1.29 is 23.7 Å². The fourth-order valence-corrected chi connectivity index (χ4v) is 3.52. The predicted octanol–water partition coefficient (Wildman–Crippen LogP) is 3.61. The topological polar surface area (TPSA) is 78.9 Å². The molecule has 1 atom stereocenters. The number of aromatic nitrogens is 1. The second-order valence-corrected chi connectivity index (χ2v) is 6.82. The summed E-state index contributed by atoms with van der Waals surface area (Å²) in [7, 11) is 3.17. The number of rotatable bonds is 5. The average molecular weight is 398 g/mol. The SMILES string of the molecule is COc1ccc(-c2csc(NC(=O)[C@H]3COc4ccccc4O3)n2)cc1OC. The monoisotopic (exact) mass is 398 g/mol. The molecule has 2 heterocycles. The Hall–Kier alpha value is -3.26. The fraction of sp³-hybridized carbons (Fsp3) is 0.200. The highest BCUT2D eigenvalue weighted by atomic mass is 32.1. The number of thiazole rings is 1. The third-order valence-electron chi connectivity index (χ3n) is 4.21. The highest BCUT2D eigenvalue weighted by Crippen LogP contribution is 2.34. The van der Waals surface area contributed by atoms with E-state index in [0.717, 1.165) is 11.3 Å². The summed E-state index contributed by atoms with van der Waals surface area (Å²) in [5, 5.41) is 5.14. The number of carbonyl (C=O) groups is 1. The van der Waals surface area contributed by atoms with E-state index in [9.17, 15) is 4.79 Å². The van der Waals surface area contributed by atoms with E-state index in [-0.39, 0.29) is 12.5 Å². The molecular formula is C20H18N2O5S. The zero-order valence-electron chi connectivity index (χ0n) is 15.3. The number of amides is 1. The molecule has 1 aromatic heterocycles. The summed E-state index contributed by atoms with van der Waals surface area (Å²) in [6, 6.07) is 12.8. The maximum atomic E-state index is 12.5. The summed E-state index contributed by atoms with van der Waals surface area (Å²) in [5.74, 6) is 2.15. The van der Waals surface area contributed by atoms with Crippen molar-refractivity contribution in [2.45, 2.75) is 6.10 Å². The van der Waals surface area contributed by atoms with Gasteiger partial charge < -0.3 is 18.9 Å². The first-order valence-corrected chi connectivity index (χ1v) is 9.43. The van der Waals surface area contributed by atoms with Crippen LogP contribution in [0.4, 0.5) is 5.13 Å². The van der Waals surface area contributed by atoms with Crippen LogP contribution in [0.15, 0.2) is 47.8 Å². The minimum atomic E-state index is -0.733. The van der Waals surface area contributed by atoms with E-state index in [4.69, 9.17) is 18.9 Å². The molecule has 4 rings (SSSR count). The lowest BCUT2D eigenvalue weighted by atomic mass is 10.1. The van der Waals surface area contributed by atoms with Gasteiger partial charge in [0.1, 0.15) is 6.61 Å². The maximum Gasteiger partial charge on any atom is 0.270 e. The van der Waals surface area contributed by atoms with Gasteiger partial charge in [-0.15, -0.1) is 11.3 Å². The molecule has 2 aromatic carbocycles. The molecule has 1 N–H and O–H groups in total. The Bertz CT molecular complexity index is 1000. The second-order valence-electron chi connectivity index (χ2n) is 5.96. The Morgan fingerprint density at radius 2 is 1.93 bits per heavy atom. The number of hydrogen-bond acceptors (Lipinski definition) is 7. The van der Waals surface area contributed by atoms with Crippen LogP contribution in [0.3, 0.4) is 0 Å². The van der Waals surface area contributed by atoms with Gasteiger partial charge in [-0.2, -0.15) is 0 Å². The van der Waals surface area contributed by atoms with E-state index < -0.39 is 6.10 Å². The predicted molar refractivity (Wildman–Crippen MR) is 106 cm³/mol. The highest BCUT2D eigenvalue weighted by Gasteiger charge is 2.28. The summed E-state index contributed by atoms with van der Waals surface area (Å²) in [4.78, 5) is 17.0. The number of methoxy groups -OCH3 is 2. The van der Waals surface area contributed by atoms with Crippen LogP contribution < -0.4 is 24.3 Å². The molecule has 1 aliphatic rings. The molecule has 3 aromatic rings. The second kappa shape index (κ2) is 7.77. The van der Waals surface area contributed by atoms with Crippen molar-refractivity contribution in [1.29, 1.82) is 0 Å². The van der Waals surface area contributed by atoms with Gasteiger partial charge in [-0.05, 0) is 30.3 Å². The lowest BCUT2D eigenvalue weighted by molar-refractivity contribution is -0.125. The molecule has 0 unspecified atom stereocenters. The van der Waals surface area contributed by atoms with Gasteiger partial charge in [0.15, 0.2) is 28.1 Å². The van der Waals surface area contributed by atoms with Crippen molar-refractivity contribution in [2.24, 2.45) is 0 Å². The minimum absolute atomic E-state index is 0.150.